The van der Waals surface area contributed by atoms with E-state index in [0.29, 0.717) is 33.5 Å². The van der Waals surface area contributed by atoms with E-state index in [0.717, 1.165) is 15.4 Å². The van der Waals surface area contributed by atoms with Crippen molar-refractivity contribution in [2.24, 2.45) is 0 Å². The minimum Gasteiger partial charge on any atom is -0.493 e. The summed E-state index contributed by atoms with van der Waals surface area (Å²) in [6.07, 6.45) is 0.694. The van der Waals surface area contributed by atoms with Crippen LogP contribution in [0.1, 0.15) is 43.9 Å². The van der Waals surface area contributed by atoms with Crippen molar-refractivity contribution in [2.45, 2.75) is 64.6 Å². The van der Waals surface area contributed by atoms with Crippen LogP contribution in [0.4, 0.5) is 5.69 Å². The highest BCUT2D eigenvalue weighted by molar-refractivity contribution is 7.92. The van der Waals surface area contributed by atoms with Crippen LogP contribution in [-0.2, 0) is 26.2 Å². The highest BCUT2D eigenvalue weighted by Crippen LogP contribution is 2.33. The number of rotatable bonds is 13. The van der Waals surface area contributed by atoms with E-state index in [-0.39, 0.29) is 29.1 Å². The number of carbonyl (C=O) groups excluding carboxylic acids is 2. The Bertz CT molecular complexity index is 1600. The topological polar surface area (TPSA) is 105 Å². The number of halogens is 2. The van der Waals surface area contributed by atoms with Gasteiger partial charge in [-0.25, -0.2) is 8.42 Å². The van der Waals surface area contributed by atoms with Gasteiger partial charge in [0.25, 0.3) is 10.0 Å². The Balaban J connectivity index is 2.13. The monoisotopic (exact) mass is 663 g/mol. The van der Waals surface area contributed by atoms with E-state index in [2.05, 4.69) is 5.32 Å². The van der Waals surface area contributed by atoms with Crippen LogP contribution in [0, 0.1) is 13.8 Å². The average Bonchev–Trinajstić information content (AvgIpc) is 2.97. The summed E-state index contributed by atoms with van der Waals surface area (Å²) in [4.78, 5) is 28.7. The fourth-order valence-electron chi connectivity index (χ4n) is 4.61. The number of nitrogens with zero attached hydrogens (tertiary/aromatic N) is 2. The quantitative estimate of drug-likeness (QED) is 0.235. The van der Waals surface area contributed by atoms with Gasteiger partial charge in [0.05, 0.1) is 24.8 Å². The smallest absolute Gasteiger partial charge is 0.264 e. The Morgan fingerprint density at radius 1 is 0.909 bits per heavy atom. The van der Waals surface area contributed by atoms with Crippen molar-refractivity contribution in [3.63, 3.8) is 0 Å². The minimum atomic E-state index is -4.32. The molecular weight excluding hydrogens is 625 g/mol. The third-order valence-corrected chi connectivity index (χ3v) is 9.60. The van der Waals surface area contributed by atoms with Gasteiger partial charge in [0, 0.05) is 28.7 Å². The summed E-state index contributed by atoms with van der Waals surface area (Å²) in [5.41, 5.74) is 2.47. The molecule has 1 N–H and O–H groups in total. The van der Waals surface area contributed by atoms with E-state index in [1.54, 1.807) is 37.3 Å². The van der Waals surface area contributed by atoms with Gasteiger partial charge >= 0.3 is 0 Å². The molecule has 0 unspecified atom stereocenters. The maximum Gasteiger partial charge on any atom is 0.264 e. The molecule has 3 aromatic rings. The lowest BCUT2D eigenvalue weighted by molar-refractivity contribution is -0.139. The number of sulfonamides is 1. The zero-order valence-corrected chi connectivity index (χ0v) is 28.3. The summed E-state index contributed by atoms with van der Waals surface area (Å²) >= 11 is 12.6. The summed E-state index contributed by atoms with van der Waals surface area (Å²) in [5.74, 6) is -0.410. The third kappa shape index (κ3) is 8.37. The van der Waals surface area contributed by atoms with Gasteiger partial charge < -0.3 is 19.7 Å². The van der Waals surface area contributed by atoms with Gasteiger partial charge in [-0.1, -0.05) is 42.3 Å². The van der Waals surface area contributed by atoms with Gasteiger partial charge in [0.15, 0.2) is 11.5 Å². The summed E-state index contributed by atoms with van der Waals surface area (Å²) in [6.45, 7) is 8.44. The standard InChI is InChI=1S/C32H39Cl2N3O6S/c1-8-22(4)35-32(39)23(5)36(18-24-9-10-25(33)16-28(24)34)31(38)19-37(26-14-20(2)13-21(3)15-26)44(40,41)27-11-12-29(42-6)30(17-27)43-7/h9-17,22-23H,8,18-19H2,1-7H3,(H,35,39)/t22-,23-/m0/s1. The molecule has 0 bridgehead atoms. The molecule has 0 heterocycles. The van der Waals surface area contributed by atoms with Crippen LogP contribution in [0.25, 0.3) is 0 Å². The molecule has 0 aliphatic rings. The van der Waals surface area contributed by atoms with Crippen LogP contribution in [0.3, 0.4) is 0 Å². The minimum absolute atomic E-state index is 0.0545. The van der Waals surface area contributed by atoms with Gasteiger partial charge in [0.1, 0.15) is 12.6 Å². The molecule has 0 radical (unpaired) electrons. The first kappa shape index (κ1) is 35.0. The van der Waals surface area contributed by atoms with Crippen LogP contribution in [-0.4, -0.2) is 58.0 Å². The van der Waals surface area contributed by atoms with Crippen molar-refractivity contribution in [2.75, 3.05) is 25.1 Å². The second-order valence-corrected chi connectivity index (χ2v) is 13.3. The number of methoxy groups -OCH3 is 2. The molecule has 0 saturated heterocycles. The molecule has 0 aliphatic heterocycles. The Morgan fingerprint density at radius 2 is 1.55 bits per heavy atom. The molecule has 2 amide bonds. The molecular formula is C32H39Cl2N3O6S. The molecule has 0 aromatic heterocycles. The summed E-state index contributed by atoms with van der Waals surface area (Å²) in [6, 6.07) is 13.3. The highest BCUT2D eigenvalue weighted by atomic mass is 35.5. The van der Waals surface area contributed by atoms with E-state index >= 15 is 0 Å². The van der Waals surface area contributed by atoms with Crippen molar-refractivity contribution in [1.29, 1.82) is 0 Å². The van der Waals surface area contributed by atoms with E-state index in [9.17, 15) is 18.0 Å². The van der Waals surface area contributed by atoms with Gasteiger partial charge in [-0.3, -0.25) is 13.9 Å². The first-order valence-corrected chi connectivity index (χ1v) is 16.3. The van der Waals surface area contributed by atoms with Crippen LogP contribution < -0.4 is 19.1 Å². The first-order chi connectivity index (χ1) is 20.7. The molecule has 0 saturated carbocycles. The van der Waals surface area contributed by atoms with Crippen molar-refractivity contribution in [3.05, 3.63) is 81.3 Å². The number of hydrogen-bond acceptors (Lipinski definition) is 6. The van der Waals surface area contributed by atoms with Gasteiger partial charge in [-0.05, 0) is 87.2 Å². The third-order valence-electron chi connectivity index (χ3n) is 7.24. The largest absolute Gasteiger partial charge is 0.493 e. The van der Waals surface area contributed by atoms with Crippen molar-refractivity contribution < 1.29 is 27.5 Å². The fourth-order valence-corrected chi connectivity index (χ4v) is 6.49. The second-order valence-electron chi connectivity index (χ2n) is 10.6. The van der Waals surface area contributed by atoms with Gasteiger partial charge in [-0.15, -0.1) is 0 Å². The van der Waals surface area contributed by atoms with Crippen molar-refractivity contribution in [3.8, 4) is 11.5 Å². The zero-order valence-electron chi connectivity index (χ0n) is 26.0. The fraction of sp³-hybridized carbons (Fsp3) is 0.375. The number of aryl methyl sites for hydroxylation is 2. The van der Waals surface area contributed by atoms with Gasteiger partial charge in [-0.2, -0.15) is 0 Å². The number of amides is 2. The maximum absolute atomic E-state index is 14.3. The van der Waals surface area contributed by atoms with Crippen LogP contribution >= 0.6 is 23.2 Å². The van der Waals surface area contributed by atoms with E-state index in [4.69, 9.17) is 32.7 Å². The Hall–Kier alpha value is -3.47. The van der Waals surface area contributed by atoms with Crippen LogP contribution in [0.5, 0.6) is 11.5 Å². The molecule has 9 nitrogen and oxygen atoms in total. The summed E-state index contributed by atoms with van der Waals surface area (Å²) < 4.78 is 40.2. The van der Waals surface area contributed by atoms with Crippen LogP contribution in [0.15, 0.2) is 59.5 Å². The van der Waals surface area contributed by atoms with Crippen molar-refractivity contribution >= 4 is 50.7 Å². The SMILES string of the molecule is CC[C@H](C)NC(=O)[C@H](C)N(Cc1ccc(Cl)cc1Cl)C(=O)CN(c1cc(C)cc(C)c1)S(=O)(=O)c1ccc(OC)c(OC)c1. The number of nitrogens with one attached hydrogen (secondary N) is 1. The molecule has 3 rings (SSSR count). The molecule has 44 heavy (non-hydrogen) atoms. The van der Waals surface area contributed by atoms with Crippen molar-refractivity contribution in [1.82, 2.24) is 10.2 Å². The lowest BCUT2D eigenvalue weighted by Crippen LogP contribution is -2.52. The lowest BCUT2D eigenvalue weighted by Gasteiger charge is -2.33. The zero-order chi connectivity index (χ0) is 32.8. The number of hydrogen-bond donors (Lipinski definition) is 1. The Morgan fingerprint density at radius 3 is 2.11 bits per heavy atom. The number of ether oxygens (including phenoxy) is 2. The lowest BCUT2D eigenvalue weighted by atomic mass is 10.1. The number of carbonyl (C=O) groups is 2. The molecule has 0 fully saturated rings. The predicted molar refractivity (Wildman–Crippen MR) is 174 cm³/mol. The maximum atomic E-state index is 14.3. The van der Waals surface area contributed by atoms with E-state index < -0.39 is 28.5 Å². The average molecular weight is 665 g/mol. The molecule has 238 valence electrons. The number of benzene rings is 3. The van der Waals surface area contributed by atoms with Crippen LogP contribution in [0.2, 0.25) is 10.0 Å². The van der Waals surface area contributed by atoms with E-state index in [1.807, 2.05) is 33.8 Å². The summed E-state index contributed by atoms with van der Waals surface area (Å²) in [5, 5.41) is 3.64. The van der Waals surface area contributed by atoms with E-state index in [1.165, 1.54) is 37.3 Å². The first-order valence-electron chi connectivity index (χ1n) is 14.1. The Kier molecular flexibility index (Phi) is 11.9. The number of anilines is 1. The predicted octanol–water partition coefficient (Wildman–Crippen LogP) is 6.15. The summed E-state index contributed by atoms with van der Waals surface area (Å²) in [7, 11) is -1.46. The molecule has 0 spiro atoms. The molecule has 2 atom stereocenters. The molecule has 12 heteroatoms. The molecule has 3 aromatic carbocycles. The highest BCUT2D eigenvalue weighted by Gasteiger charge is 2.33. The normalized spacial score (nSPS) is 12.7. The Labute approximate surface area is 270 Å². The molecule has 0 aliphatic carbocycles. The second kappa shape index (κ2) is 15.0. The van der Waals surface area contributed by atoms with Gasteiger partial charge in [0.2, 0.25) is 11.8 Å².